The van der Waals surface area contributed by atoms with Gasteiger partial charge in [0.15, 0.2) is 4.34 Å². The van der Waals surface area contributed by atoms with Crippen LogP contribution in [0.5, 0.6) is 0 Å². The third-order valence-electron chi connectivity index (χ3n) is 1.96. The molecule has 0 atom stereocenters. The number of nitrogen functional groups attached to an aromatic ring is 1. The van der Waals surface area contributed by atoms with E-state index in [2.05, 4.69) is 10.2 Å². The number of rotatable bonds is 3. The molecule has 0 amide bonds. The van der Waals surface area contributed by atoms with Crippen molar-refractivity contribution in [2.75, 3.05) is 5.73 Å². The van der Waals surface area contributed by atoms with Crippen molar-refractivity contribution in [1.29, 1.82) is 5.26 Å². The van der Waals surface area contributed by atoms with Gasteiger partial charge < -0.3 is 5.73 Å². The number of benzene rings is 1. The predicted molar refractivity (Wildman–Crippen MR) is 65.0 cm³/mol. The number of nitrogens with two attached hydrogens (primary N) is 1. The quantitative estimate of drug-likeness (QED) is 0.863. The molecule has 0 aliphatic heterocycles. The molecule has 0 radical (unpaired) electrons. The first-order chi connectivity index (χ1) is 8.19. The molecule has 17 heavy (non-hydrogen) atoms. The van der Waals surface area contributed by atoms with Crippen LogP contribution < -0.4 is 5.73 Å². The topological polar surface area (TPSA) is 75.6 Å². The van der Waals surface area contributed by atoms with Crippen molar-refractivity contribution in [3.8, 4) is 6.07 Å². The number of nitrogens with zero attached hydrogens (tertiary/aromatic N) is 3. The van der Waals surface area contributed by atoms with Crippen molar-refractivity contribution in [3.05, 3.63) is 35.1 Å². The summed E-state index contributed by atoms with van der Waals surface area (Å²) in [5.41, 5.74) is 6.28. The minimum Gasteiger partial charge on any atom is -0.374 e. The van der Waals surface area contributed by atoms with Crippen molar-refractivity contribution in [1.82, 2.24) is 10.2 Å². The number of anilines is 1. The van der Waals surface area contributed by atoms with E-state index in [0.29, 0.717) is 26.4 Å². The van der Waals surface area contributed by atoms with Crippen LogP contribution >= 0.6 is 23.1 Å². The van der Waals surface area contributed by atoms with Gasteiger partial charge in [-0.2, -0.15) is 5.26 Å². The molecule has 1 aromatic heterocycles. The van der Waals surface area contributed by atoms with Crippen molar-refractivity contribution in [2.24, 2.45) is 0 Å². The van der Waals surface area contributed by atoms with Crippen LogP contribution in [-0.4, -0.2) is 10.2 Å². The summed E-state index contributed by atoms with van der Waals surface area (Å²) in [7, 11) is 0. The fourth-order valence-corrected chi connectivity index (χ4v) is 2.77. The normalized spacial score (nSPS) is 10.1. The average Bonchev–Trinajstić information content (AvgIpc) is 2.73. The van der Waals surface area contributed by atoms with Gasteiger partial charge in [0.25, 0.3) is 0 Å². The number of thioether (sulfide) groups is 1. The van der Waals surface area contributed by atoms with E-state index in [1.54, 1.807) is 12.1 Å². The SMILES string of the molecule is N#Cc1ccc(CSc2nnc(N)s2)c(F)c1. The molecule has 0 unspecified atom stereocenters. The molecule has 1 aromatic carbocycles. The van der Waals surface area contributed by atoms with E-state index < -0.39 is 0 Å². The summed E-state index contributed by atoms with van der Waals surface area (Å²) in [4.78, 5) is 0. The van der Waals surface area contributed by atoms with E-state index in [1.165, 1.54) is 29.2 Å². The fourth-order valence-electron chi connectivity index (χ4n) is 1.15. The Bertz CT molecular complexity index is 576. The monoisotopic (exact) mass is 266 g/mol. The lowest BCUT2D eigenvalue weighted by Gasteiger charge is -2.00. The zero-order chi connectivity index (χ0) is 12.3. The van der Waals surface area contributed by atoms with Crippen LogP contribution in [0.4, 0.5) is 9.52 Å². The standard InChI is InChI=1S/C10H7FN4S2/c11-8-3-6(4-12)1-2-7(8)5-16-10-15-14-9(13)17-10/h1-3H,5H2,(H2,13,14). The van der Waals surface area contributed by atoms with Gasteiger partial charge in [0.05, 0.1) is 11.6 Å². The highest BCUT2D eigenvalue weighted by atomic mass is 32.2. The van der Waals surface area contributed by atoms with Gasteiger partial charge in [-0.05, 0) is 17.7 Å². The lowest BCUT2D eigenvalue weighted by Crippen LogP contribution is -1.88. The third kappa shape index (κ3) is 2.93. The Balaban J connectivity index is 2.07. The molecule has 0 saturated heterocycles. The van der Waals surface area contributed by atoms with Crippen molar-refractivity contribution < 1.29 is 4.39 Å². The van der Waals surface area contributed by atoms with Crippen molar-refractivity contribution >= 4 is 28.2 Å². The van der Waals surface area contributed by atoms with Crippen LogP contribution in [-0.2, 0) is 5.75 Å². The molecule has 7 heteroatoms. The van der Waals surface area contributed by atoms with Crippen LogP contribution in [0.1, 0.15) is 11.1 Å². The number of aromatic nitrogens is 2. The van der Waals surface area contributed by atoms with Gasteiger partial charge in [-0.25, -0.2) is 4.39 Å². The maximum absolute atomic E-state index is 13.5. The number of hydrogen-bond donors (Lipinski definition) is 1. The summed E-state index contributed by atoms with van der Waals surface area (Å²) in [5, 5.41) is 16.5. The van der Waals surface area contributed by atoms with Crippen LogP contribution in [0, 0.1) is 17.1 Å². The molecule has 1 heterocycles. The predicted octanol–water partition coefficient (Wildman–Crippen LogP) is 2.42. The highest BCUT2D eigenvalue weighted by Crippen LogP contribution is 2.27. The minimum atomic E-state index is -0.381. The van der Waals surface area contributed by atoms with E-state index in [-0.39, 0.29) is 5.82 Å². The van der Waals surface area contributed by atoms with Gasteiger partial charge in [0, 0.05) is 5.75 Å². The molecule has 86 valence electrons. The Hall–Kier alpha value is -1.65. The molecular weight excluding hydrogens is 259 g/mol. The lowest BCUT2D eigenvalue weighted by atomic mass is 10.1. The Morgan fingerprint density at radius 3 is 2.88 bits per heavy atom. The van der Waals surface area contributed by atoms with Crippen LogP contribution in [0.3, 0.4) is 0 Å². The smallest absolute Gasteiger partial charge is 0.203 e. The van der Waals surface area contributed by atoms with Gasteiger partial charge in [-0.1, -0.05) is 29.2 Å². The maximum atomic E-state index is 13.5. The molecule has 0 saturated carbocycles. The zero-order valence-electron chi connectivity index (χ0n) is 8.55. The van der Waals surface area contributed by atoms with Gasteiger partial charge in [-0.3, -0.25) is 0 Å². The molecule has 4 nitrogen and oxygen atoms in total. The fraction of sp³-hybridized carbons (Fsp3) is 0.100. The summed E-state index contributed by atoms with van der Waals surface area (Å²) < 4.78 is 14.2. The van der Waals surface area contributed by atoms with Crippen LogP contribution in [0.2, 0.25) is 0 Å². The Labute approximate surface area is 105 Å². The molecule has 2 aromatic rings. The Morgan fingerprint density at radius 2 is 2.29 bits per heavy atom. The zero-order valence-corrected chi connectivity index (χ0v) is 10.2. The maximum Gasteiger partial charge on any atom is 0.203 e. The largest absolute Gasteiger partial charge is 0.374 e. The first-order valence-corrected chi connectivity index (χ1v) is 6.39. The van der Waals surface area contributed by atoms with E-state index in [0.717, 1.165) is 0 Å². The van der Waals surface area contributed by atoms with Gasteiger partial charge in [0.1, 0.15) is 5.82 Å². The second-order valence-electron chi connectivity index (χ2n) is 3.11. The number of hydrogen-bond acceptors (Lipinski definition) is 6. The molecule has 0 bridgehead atoms. The molecule has 0 fully saturated rings. The number of nitriles is 1. The summed E-state index contributed by atoms with van der Waals surface area (Å²) >= 11 is 2.63. The summed E-state index contributed by atoms with van der Waals surface area (Å²) in [6.07, 6.45) is 0. The third-order valence-corrected chi connectivity index (χ3v) is 3.89. The molecular formula is C10H7FN4S2. The van der Waals surface area contributed by atoms with Crippen molar-refractivity contribution in [2.45, 2.75) is 10.1 Å². The van der Waals surface area contributed by atoms with E-state index in [9.17, 15) is 4.39 Å². The molecule has 0 spiro atoms. The highest BCUT2D eigenvalue weighted by molar-refractivity contribution is 8.00. The summed E-state index contributed by atoms with van der Waals surface area (Å²) in [5.74, 6) is 0.0562. The van der Waals surface area contributed by atoms with E-state index >= 15 is 0 Å². The van der Waals surface area contributed by atoms with Crippen LogP contribution in [0.25, 0.3) is 0 Å². The van der Waals surface area contributed by atoms with Gasteiger partial charge in [0.2, 0.25) is 5.13 Å². The average molecular weight is 266 g/mol. The second-order valence-corrected chi connectivity index (χ2v) is 5.34. The number of halogens is 1. The second kappa shape index (κ2) is 5.12. The first-order valence-electron chi connectivity index (χ1n) is 4.59. The summed E-state index contributed by atoms with van der Waals surface area (Å²) in [6.45, 7) is 0. The first kappa shape index (κ1) is 11.8. The van der Waals surface area contributed by atoms with Gasteiger partial charge >= 0.3 is 0 Å². The van der Waals surface area contributed by atoms with E-state index in [4.69, 9.17) is 11.0 Å². The molecule has 2 N–H and O–H groups in total. The Morgan fingerprint density at radius 1 is 1.47 bits per heavy atom. The Kier molecular flexibility index (Phi) is 3.56. The van der Waals surface area contributed by atoms with E-state index in [1.807, 2.05) is 6.07 Å². The van der Waals surface area contributed by atoms with Crippen LogP contribution in [0.15, 0.2) is 22.5 Å². The molecule has 0 aliphatic rings. The molecule has 0 aliphatic carbocycles. The molecule has 2 rings (SSSR count). The summed E-state index contributed by atoms with van der Waals surface area (Å²) in [6, 6.07) is 6.31. The van der Waals surface area contributed by atoms with Crippen molar-refractivity contribution in [3.63, 3.8) is 0 Å². The lowest BCUT2D eigenvalue weighted by molar-refractivity contribution is 0.617. The minimum absolute atomic E-state index is 0.316. The highest BCUT2D eigenvalue weighted by Gasteiger charge is 2.07. The van der Waals surface area contributed by atoms with Gasteiger partial charge in [-0.15, -0.1) is 10.2 Å².